The Hall–Kier alpha value is -4.13. The smallest absolute Gasteiger partial charge is 0.300 e. The molecular weight excluding hydrogens is 420 g/mol. The number of methoxy groups -OCH3 is 1. The molecule has 2 aromatic carbocycles. The largest absolute Gasteiger partial charge is 0.507 e. The quantitative estimate of drug-likeness (QED) is 0.340. The van der Waals surface area contributed by atoms with E-state index in [4.69, 9.17) is 4.74 Å². The van der Waals surface area contributed by atoms with E-state index in [-0.39, 0.29) is 28.7 Å². The maximum absolute atomic E-state index is 13.2. The molecule has 1 saturated heterocycles. The molecule has 168 valence electrons. The third-order valence-corrected chi connectivity index (χ3v) is 5.68. The lowest BCUT2D eigenvalue weighted by Crippen LogP contribution is -2.29. The monoisotopic (exact) mass is 444 g/mol. The van der Waals surface area contributed by atoms with Crippen LogP contribution in [0.2, 0.25) is 0 Å². The number of hydrogen-bond donors (Lipinski definition) is 2. The first-order chi connectivity index (χ1) is 15.8. The molecule has 7 nitrogen and oxygen atoms in total. The zero-order valence-corrected chi connectivity index (χ0v) is 18.5. The van der Waals surface area contributed by atoms with Gasteiger partial charge in [0.15, 0.2) is 0 Å². The van der Waals surface area contributed by atoms with Gasteiger partial charge in [0, 0.05) is 11.8 Å². The first-order valence-corrected chi connectivity index (χ1v) is 10.5. The van der Waals surface area contributed by atoms with E-state index in [2.05, 4.69) is 4.98 Å². The van der Waals surface area contributed by atoms with Crippen LogP contribution < -0.4 is 9.64 Å². The van der Waals surface area contributed by atoms with Gasteiger partial charge in [-0.1, -0.05) is 32.0 Å². The minimum Gasteiger partial charge on any atom is -0.507 e. The minimum atomic E-state index is -1.01. The molecule has 0 bridgehead atoms. The fourth-order valence-electron chi connectivity index (χ4n) is 4.05. The number of aromatic hydroxyl groups is 1. The highest BCUT2D eigenvalue weighted by atomic mass is 16.5. The maximum Gasteiger partial charge on any atom is 0.300 e. The predicted octanol–water partition coefficient (Wildman–Crippen LogP) is 4.55. The first-order valence-electron chi connectivity index (χ1n) is 10.5. The molecule has 33 heavy (non-hydrogen) atoms. The van der Waals surface area contributed by atoms with Gasteiger partial charge in [-0.25, -0.2) is 0 Å². The minimum absolute atomic E-state index is 0.0955. The molecule has 0 spiro atoms. The Kier molecular flexibility index (Phi) is 5.87. The van der Waals surface area contributed by atoms with Gasteiger partial charge in [-0.15, -0.1) is 0 Å². The molecule has 0 radical (unpaired) electrons. The summed E-state index contributed by atoms with van der Waals surface area (Å²) in [6, 6.07) is 15.5. The number of carbonyl (C=O) groups is 2. The second-order valence-electron chi connectivity index (χ2n) is 8.02. The topological polar surface area (TPSA) is 100.0 Å². The summed E-state index contributed by atoms with van der Waals surface area (Å²) < 4.78 is 5.42. The summed E-state index contributed by atoms with van der Waals surface area (Å²) in [6.45, 7) is 3.99. The average Bonchev–Trinajstić information content (AvgIpc) is 3.09. The number of para-hydroxylation sites is 2. The number of nitrogens with zero attached hydrogens (tertiary/aromatic N) is 2. The number of Topliss-reactive ketones (excluding diaryl/α,β-unsaturated/α-hetero) is 1. The molecule has 1 fully saturated rings. The second-order valence-corrected chi connectivity index (χ2v) is 8.02. The number of amides is 1. The van der Waals surface area contributed by atoms with E-state index >= 15 is 0 Å². The number of benzene rings is 2. The van der Waals surface area contributed by atoms with Crippen molar-refractivity contribution in [3.63, 3.8) is 0 Å². The molecule has 1 unspecified atom stereocenters. The highest BCUT2D eigenvalue weighted by molar-refractivity contribution is 6.51. The second kappa shape index (κ2) is 8.78. The molecule has 1 atom stereocenters. The lowest BCUT2D eigenvalue weighted by molar-refractivity contribution is -0.132. The van der Waals surface area contributed by atoms with Crippen LogP contribution >= 0.6 is 0 Å². The van der Waals surface area contributed by atoms with Crippen molar-refractivity contribution in [3.05, 3.63) is 89.3 Å². The van der Waals surface area contributed by atoms with E-state index in [1.165, 1.54) is 11.0 Å². The van der Waals surface area contributed by atoms with Crippen LogP contribution in [0.4, 0.5) is 5.69 Å². The van der Waals surface area contributed by atoms with Crippen LogP contribution in [0, 0.1) is 0 Å². The van der Waals surface area contributed by atoms with Crippen LogP contribution in [-0.4, -0.2) is 34.0 Å². The SMILES string of the molecule is COc1ccc(/C(O)=C2/C(=O)C(=O)N(c3ccccc3O)C2c2ccccn2)cc1C(C)C. The first kappa shape index (κ1) is 22.1. The third-order valence-electron chi connectivity index (χ3n) is 5.68. The van der Waals surface area contributed by atoms with E-state index in [1.54, 1.807) is 67.9 Å². The zero-order valence-electron chi connectivity index (χ0n) is 18.5. The van der Waals surface area contributed by atoms with Crippen LogP contribution in [0.5, 0.6) is 11.5 Å². The summed E-state index contributed by atoms with van der Waals surface area (Å²) >= 11 is 0. The normalized spacial score (nSPS) is 17.6. The summed E-state index contributed by atoms with van der Waals surface area (Å²) in [7, 11) is 1.57. The van der Waals surface area contributed by atoms with Crippen LogP contribution in [0.1, 0.15) is 42.6 Å². The van der Waals surface area contributed by atoms with Crippen LogP contribution in [-0.2, 0) is 9.59 Å². The number of phenolic OH excluding ortho intramolecular Hbond substituents is 1. The predicted molar refractivity (Wildman–Crippen MR) is 124 cm³/mol. The molecule has 4 rings (SSSR count). The van der Waals surface area contributed by atoms with Crippen molar-refractivity contribution < 1.29 is 24.5 Å². The third kappa shape index (κ3) is 3.82. The summed E-state index contributed by atoms with van der Waals surface area (Å²) in [4.78, 5) is 31.9. The molecule has 2 heterocycles. The van der Waals surface area contributed by atoms with Gasteiger partial charge in [0.25, 0.3) is 11.7 Å². The van der Waals surface area contributed by atoms with Crippen molar-refractivity contribution in [2.75, 3.05) is 12.0 Å². The molecule has 0 aliphatic carbocycles. The number of rotatable bonds is 5. The van der Waals surface area contributed by atoms with Gasteiger partial charge in [0.05, 0.1) is 24.1 Å². The lowest BCUT2D eigenvalue weighted by atomic mass is 9.94. The zero-order chi connectivity index (χ0) is 23.7. The van der Waals surface area contributed by atoms with E-state index in [1.807, 2.05) is 13.8 Å². The molecule has 1 amide bonds. The fourth-order valence-corrected chi connectivity index (χ4v) is 4.05. The Morgan fingerprint density at radius 2 is 1.79 bits per heavy atom. The van der Waals surface area contributed by atoms with Gasteiger partial charge in [0.1, 0.15) is 23.3 Å². The van der Waals surface area contributed by atoms with Gasteiger partial charge in [-0.3, -0.25) is 19.5 Å². The van der Waals surface area contributed by atoms with Gasteiger partial charge < -0.3 is 14.9 Å². The number of phenols is 1. The van der Waals surface area contributed by atoms with Crippen LogP contribution in [0.3, 0.4) is 0 Å². The molecule has 1 aliphatic rings. The Morgan fingerprint density at radius 1 is 1.06 bits per heavy atom. The van der Waals surface area contributed by atoms with E-state index in [0.29, 0.717) is 17.0 Å². The van der Waals surface area contributed by atoms with Crippen molar-refractivity contribution >= 4 is 23.1 Å². The van der Waals surface area contributed by atoms with Gasteiger partial charge >= 0.3 is 0 Å². The van der Waals surface area contributed by atoms with Crippen molar-refractivity contribution in [2.24, 2.45) is 0 Å². The molecule has 2 N–H and O–H groups in total. The molecule has 7 heteroatoms. The number of carbonyl (C=O) groups excluding carboxylic acids is 2. The number of pyridine rings is 1. The van der Waals surface area contributed by atoms with Crippen molar-refractivity contribution in [3.8, 4) is 11.5 Å². The number of aromatic nitrogens is 1. The lowest BCUT2D eigenvalue weighted by Gasteiger charge is -2.25. The molecule has 3 aromatic rings. The fraction of sp³-hybridized carbons (Fsp3) is 0.192. The Morgan fingerprint density at radius 3 is 2.42 bits per heavy atom. The highest BCUT2D eigenvalue weighted by Crippen LogP contribution is 2.44. The number of ketones is 1. The number of anilines is 1. The van der Waals surface area contributed by atoms with Crippen LogP contribution in [0.25, 0.3) is 5.76 Å². The number of aliphatic hydroxyl groups excluding tert-OH is 1. The van der Waals surface area contributed by atoms with Crippen molar-refractivity contribution in [2.45, 2.75) is 25.8 Å². The molecule has 1 aromatic heterocycles. The number of aliphatic hydroxyl groups is 1. The van der Waals surface area contributed by atoms with Gasteiger partial charge in [0.2, 0.25) is 0 Å². The Bertz CT molecular complexity index is 1250. The summed E-state index contributed by atoms with van der Waals surface area (Å²) in [5.41, 5.74) is 1.69. The molecular formula is C26H24N2O5. The van der Waals surface area contributed by atoms with Gasteiger partial charge in [-0.05, 0) is 53.9 Å². The molecule has 1 aliphatic heterocycles. The van der Waals surface area contributed by atoms with Crippen molar-refractivity contribution in [1.82, 2.24) is 4.98 Å². The van der Waals surface area contributed by atoms with Crippen molar-refractivity contribution in [1.29, 1.82) is 0 Å². The summed E-state index contributed by atoms with van der Waals surface area (Å²) in [6.07, 6.45) is 1.55. The van der Waals surface area contributed by atoms with E-state index < -0.39 is 17.7 Å². The van der Waals surface area contributed by atoms with Crippen LogP contribution in [0.15, 0.2) is 72.4 Å². The average molecular weight is 444 g/mol. The van der Waals surface area contributed by atoms with E-state index in [0.717, 1.165) is 5.56 Å². The summed E-state index contributed by atoms with van der Waals surface area (Å²) in [5, 5.41) is 21.7. The maximum atomic E-state index is 13.2. The van der Waals surface area contributed by atoms with E-state index in [9.17, 15) is 19.8 Å². The van der Waals surface area contributed by atoms with Gasteiger partial charge in [-0.2, -0.15) is 0 Å². The number of hydrogen-bond acceptors (Lipinski definition) is 6. The molecule has 0 saturated carbocycles. The Balaban J connectivity index is 1.95. The Labute approximate surface area is 191 Å². The standard InChI is InChI=1S/C26H24N2O5/c1-15(2)17-14-16(11-12-21(17)33-3)24(30)22-23(18-8-6-7-13-27-18)28(26(32)25(22)31)19-9-4-5-10-20(19)29/h4-15,23,29-30H,1-3H3/b24-22-. The summed E-state index contributed by atoms with van der Waals surface area (Å²) in [5.74, 6) is -1.42. The highest BCUT2D eigenvalue weighted by Gasteiger charge is 2.48. The number of ether oxygens (including phenoxy) is 1.